The van der Waals surface area contributed by atoms with E-state index in [9.17, 15) is 0 Å². The van der Waals surface area contributed by atoms with Crippen LogP contribution in [0, 0.1) is 0 Å². The number of rotatable bonds is 4. The van der Waals surface area contributed by atoms with E-state index in [1.807, 2.05) is 0 Å². The fourth-order valence-corrected chi connectivity index (χ4v) is 11.2. The highest BCUT2D eigenvalue weighted by atomic mass is 32.2. The summed E-state index contributed by atoms with van der Waals surface area (Å²) in [5.74, 6) is 0. The zero-order valence-electron chi connectivity index (χ0n) is 37.4. The maximum atomic E-state index is 4.47. The number of hydrogen-bond acceptors (Lipinski definition) is 1. The van der Waals surface area contributed by atoms with Crippen molar-refractivity contribution in [1.29, 1.82) is 0 Å². The third-order valence-corrected chi connectivity index (χ3v) is 14.6. The number of H-pyrrole nitrogens is 1. The number of thioether (sulfide) groups is 1. The van der Waals surface area contributed by atoms with Gasteiger partial charge in [-0.15, -0.1) is 0 Å². The number of para-hydroxylation sites is 5. The Bertz CT molecular complexity index is 3710. The third-order valence-electron chi connectivity index (χ3n) is 13.7. The molecule has 0 spiro atoms. The SMILES string of the molecule is C=C1c2[nH]c3ccccc3c2/C=C\Sc2ccccc2C1(C)C.c1ccc(-n2c3ccccc3c3ccc(-c4cccc(-c5ccc6c7ccccc7n(-c7ccccc7)c6c5)c4)cc32)cc1. The molecule has 320 valence electrons. The molecule has 0 saturated heterocycles. The Morgan fingerprint density at radius 3 is 1.51 bits per heavy atom. The van der Waals surface area contributed by atoms with Crippen molar-refractivity contribution in [3.05, 3.63) is 247 Å². The van der Waals surface area contributed by atoms with Gasteiger partial charge in [0.05, 0.1) is 27.8 Å². The number of aromatic nitrogens is 3. The second kappa shape index (κ2) is 16.4. The third kappa shape index (κ3) is 6.92. The van der Waals surface area contributed by atoms with Gasteiger partial charge in [-0.2, -0.15) is 0 Å². The molecule has 0 unspecified atom stereocenters. The Morgan fingerprint density at radius 2 is 0.910 bits per heavy atom. The standard InChI is InChI=1S/C42H28N2.C21H19NS/c1-3-14-33(15-4-1)43-39-20-9-7-18-35(39)37-24-22-31(27-41(37)43)29-12-11-13-30(26-29)32-23-25-38-36-19-8-10-21-40(36)44(42(38)28-32)34-16-5-2-6-17-34;1-14-20-16(15-8-4-6-10-18(15)22-20)12-13-23-19-11-7-5-9-17(19)21(14,2)3/h1-28H;4-13,22H,1H2,2-3H3/b;13-12-. The summed E-state index contributed by atoms with van der Waals surface area (Å²) in [6.45, 7) is 8.99. The number of fused-ring (bicyclic) bond motifs is 10. The van der Waals surface area contributed by atoms with Gasteiger partial charge in [0.2, 0.25) is 0 Å². The Hall–Kier alpha value is -8.05. The zero-order chi connectivity index (χ0) is 45.1. The van der Waals surface area contributed by atoms with E-state index in [2.05, 4.69) is 264 Å². The van der Waals surface area contributed by atoms with Crippen molar-refractivity contribution in [2.24, 2.45) is 0 Å². The first-order valence-electron chi connectivity index (χ1n) is 22.9. The fourth-order valence-electron chi connectivity index (χ4n) is 10.2. The predicted octanol–water partition coefficient (Wildman–Crippen LogP) is 17.5. The van der Waals surface area contributed by atoms with Crippen LogP contribution in [-0.4, -0.2) is 14.1 Å². The Labute approximate surface area is 395 Å². The van der Waals surface area contributed by atoms with Gasteiger partial charge in [-0.25, -0.2) is 0 Å². The molecule has 0 aliphatic carbocycles. The van der Waals surface area contributed by atoms with Crippen LogP contribution in [0.5, 0.6) is 0 Å². The van der Waals surface area contributed by atoms with Crippen LogP contribution in [0.4, 0.5) is 0 Å². The molecule has 1 aliphatic rings. The first kappa shape index (κ1) is 40.5. The average Bonchev–Trinajstić information content (AvgIpc) is 4.04. The summed E-state index contributed by atoms with van der Waals surface area (Å²) in [6, 6.07) is 78.5. The monoisotopic (exact) mass is 877 g/mol. The Balaban J connectivity index is 0.000000171. The van der Waals surface area contributed by atoms with Crippen LogP contribution in [0.2, 0.25) is 0 Å². The highest BCUT2D eigenvalue weighted by molar-refractivity contribution is 8.02. The van der Waals surface area contributed by atoms with E-state index < -0.39 is 0 Å². The minimum absolute atomic E-state index is 0.134. The van der Waals surface area contributed by atoms with Gasteiger partial charge in [0, 0.05) is 59.7 Å². The van der Waals surface area contributed by atoms with Crippen molar-refractivity contribution in [2.75, 3.05) is 0 Å². The summed E-state index contributed by atoms with van der Waals surface area (Å²) in [6.07, 6.45) is 2.21. The van der Waals surface area contributed by atoms with Crippen molar-refractivity contribution in [2.45, 2.75) is 24.2 Å². The normalized spacial score (nSPS) is 13.7. The first-order valence-corrected chi connectivity index (χ1v) is 23.8. The van der Waals surface area contributed by atoms with E-state index in [4.69, 9.17) is 0 Å². The zero-order valence-corrected chi connectivity index (χ0v) is 38.3. The second-order valence-electron chi connectivity index (χ2n) is 17.9. The van der Waals surface area contributed by atoms with Crippen molar-refractivity contribution in [1.82, 2.24) is 14.1 Å². The van der Waals surface area contributed by atoms with Gasteiger partial charge in [-0.05, 0) is 112 Å². The number of nitrogens with zero attached hydrogens (tertiary/aromatic N) is 2. The van der Waals surface area contributed by atoms with E-state index in [1.54, 1.807) is 11.8 Å². The van der Waals surface area contributed by atoms with Crippen molar-refractivity contribution >= 4 is 77.9 Å². The van der Waals surface area contributed by atoms with Crippen LogP contribution in [-0.2, 0) is 5.41 Å². The fraction of sp³-hybridized carbons (Fsp3) is 0.0476. The summed E-state index contributed by atoms with van der Waals surface area (Å²) in [4.78, 5) is 4.88. The van der Waals surface area contributed by atoms with Gasteiger partial charge in [0.15, 0.2) is 0 Å². The van der Waals surface area contributed by atoms with Gasteiger partial charge in [-0.3, -0.25) is 0 Å². The molecule has 0 radical (unpaired) electrons. The molecule has 0 saturated carbocycles. The maximum Gasteiger partial charge on any atom is 0.0547 e. The van der Waals surface area contributed by atoms with Crippen LogP contribution in [0.15, 0.2) is 235 Å². The summed E-state index contributed by atoms with van der Waals surface area (Å²) in [7, 11) is 0. The van der Waals surface area contributed by atoms with Gasteiger partial charge >= 0.3 is 0 Å². The highest BCUT2D eigenvalue weighted by Gasteiger charge is 2.31. The topological polar surface area (TPSA) is 25.6 Å². The summed E-state index contributed by atoms with van der Waals surface area (Å²) < 4.78 is 4.77. The number of allylic oxidation sites excluding steroid dienone is 1. The summed E-state index contributed by atoms with van der Waals surface area (Å²) in [5.41, 5.74) is 17.9. The highest BCUT2D eigenvalue weighted by Crippen LogP contribution is 2.45. The minimum atomic E-state index is -0.134. The van der Waals surface area contributed by atoms with Crippen molar-refractivity contribution in [3.63, 3.8) is 0 Å². The molecule has 0 bridgehead atoms. The number of benzene rings is 9. The smallest absolute Gasteiger partial charge is 0.0547 e. The minimum Gasteiger partial charge on any atom is -0.354 e. The van der Waals surface area contributed by atoms with E-state index in [-0.39, 0.29) is 5.41 Å². The lowest BCUT2D eigenvalue weighted by atomic mass is 9.76. The molecule has 3 nitrogen and oxygen atoms in total. The van der Waals surface area contributed by atoms with Crippen LogP contribution >= 0.6 is 11.8 Å². The van der Waals surface area contributed by atoms with Gasteiger partial charge < -0.3 is 14.1 Å². The lowest BCUT2D eigenvalue weighted by Crippen LogP contribution is -2.20. The van der Waals surface area contributed by atoms with Crippen molar-refractivity contribution in [3.8, 4) is 33.6 Å². The second-order valence-corrected chi connectivity index (χ2v) is 18.8. The van der Waals surface area contributed by atoms with Crippen molar-refractivity contribution < 1.29 is 0 Å². The molecule has 4 heterocycles. The molecule has 9 aromatic carbocycles. The predicted molar refractivity (Wildman–Crippen MR) is 288 cm³/mol. The lowest BCUT2D eigenvalue weighted by Gasteiger charge is -2.29. The molecular weight excluding hydrogens is 831 g/mol. The maximum absolute atomic E-state index is 4.47. The molecule has 4 heteroatoms. The molecular formula is C63H47N3S. The molecule has 0 amide bonds. The lowest BCUT2D eigenvalue weighted by molar-refractivity contribution is 0.676. The summed E-state index contributed by atoms with van der Waals surface area (Å²) >= 11 is 1.78. The molecule has 0 fully saturated rings. The number of hydrogen-bond donors (Lipinski definition) is 1. The Kier molecular flexibility index (Phi) is 9.92. The first-order chi connectivity index (χ1) is 32.9. The molecule has 3 aromatic heterocycles. The van der Waals surface area contributed by atoms with Crippen LogP contribution in [0.25, 0.3) is 99.8 Å². The van der Waals surface area contributed by atoms with Crippen LogP contribution in [0.3, 0.4) is 0 Å². The van der Waals surface area contributed by atoms with Gasteiger partial charge in [-0.1, -0.05) is 184 Å². The quantitative estimate of drug-likeness (QED) is 0.187. The number of nitrogens with one attached hydrogen (secondary N) is 1. The molecule has 13 rings (SSSR count). The number of aromatic amines is 1. The van der Waals surface area contributed by atoms with E-state index >= 15 is 0 Å². The molecule has 1 N–H and O–H groups in total. The van der Waals surface area contributed by atoms with E-state index in [0.717, 1.165) is 16.8 Å². The van der Waals surface area contributed by atoms with E-state index in [1.165, 1.54) is 98.6 Å². The molecule has 67 heavy (non-hydrogen) atoms. The summed E-state index contributed by atoms with van der Waals surface area (Å²) in [5, 5.41) is 8.52. The van der Waals surface area contributed by atoms with Crippen LogP contribution < -0.4 is 0 Å². The van der Waals surface area contributed by atoms with Crippen LogP contribution in [0.1, 0.15) is 30.7 Å². The Morgan fingerprint density at radius 1 is 0.433 bits per heavy atom. The molecule has 1 aliphatic heterocycles. The van der Waals surface area contributed by atoms with Gasteiger partial charge in [0.25, 0.3) is 0 Å². The van der Waals surface area contributed by atoms with Gasteiger partial charge in [0.1, 0.15) is 0 Å². The van der Waals surface area contributed by atoms with E-state index in [0.29, 0.717) is 0 Å². The molecule has 12 aromatic rings. The average molecular weight is 878 g/mol. The largest absolute Gasteiger partial charge is 0.354 e. The molecule has 0 atom stereocenters.